The second-order valence-corrected chi connectivity index (χ2v) is 6.06. The molecule has 1 rings (SSSR count). The minimum Gasteiger partial charge on any atom is -0.310 e. The van der Waals surface area contributed by atoms with Crippen LogP contribution in [0.25, 0.3) is 0 Å². The molecule has 0 bridgehead atoms. The molecule has 1 aromatic carbocycles. The molecule has 2 unspecified atom stereocenters. The van der Waals surface area contributed by atoms with Gasteiger partial charge in [0.05, 0.1) is 5.56 Å². The van der Waals surface area contributed by atoms with E-state index in [-0.39, 0.29) is 0 Å². The maximum Gasteiger partial charge on any atom is 0.416 e. The Labute approximate surface area is 114 Å². The lowest BCUT2D eigenvalue weighted by atomic mass is 10.1. The van der Waals surface area contributed by atoms with Gasteiger partial charge in [-0.2, -0.15) is 13.2 Å². The predicted molar refractivity (Wildman–Crippen MR) is 70.8 cm³/mol. The normalized spacial score (nSPS) is 15.4. The Balaban J connectivity index is 2.49. The van der Waals surface area contributed by atoms with E-state index in [2.05, 4.69) is 35.1 Å². The Morgan fingerprint density at radius 1 is 1.17 bits per heavy atom. The first-order valence-corrected chi connectivity index (χ1v) is 6.74. The van der Waals surface area contributed by atoms with E-state index in [0.29, 0.717) is 17.4 Å². The summed E-state index contributed by atoms with van der Waals surface area (Å²) >= 11 is 3.47. The highest BCUT2D eigenvalue weighted by Gasteiger charge is 2.29. The Morgan fingerprint density at radius 3 is 2.17 bits per heavy atom. The molecule has 0 amide bonds. The fraction of sp³-hybridized carbons (Fsp3) is 0.538. The topological polar surface area (TPSA) is 12.0 Å². The maximum atomic E-state index is 12.4. The molecule has 1 aromatic rings. The minimum absolute atomic E-state index is 0.321. The fourth-order valence-corrected chi connectivity index (χ4v) is 2.23. The summed E-state index contributed by atoms with van der Waals surface area (Å²) in [6.07, 6.45) is -3.29. The Hall–Kier alpha value is -0.550. The Morgan fingerprint density at radius 2 is 1.72 bits per heavy atom. The van der Waals surface area contributed by atoms with E-state index < -0.39 is 11.7 Å². The molecule has 0 aliphatic heterocycles. The van der Waals surface area contributed by atoms with Crippen LogP contribution in [-0.4, -0.2) is 10.9 Å². The van der Waals surface area contributed by atoms with Crippen molar-refractivity contribution >= 4 is 15.9 Å². The first-order chi connectivity index (χ1) is 8.29. The summed E-state index contributed by atoms with van der Waals surface area (Å²) in [7, 11) is 0. The molecule has 0 aliphatic rings. The van der Waals surface area contributed by atoms with Gasteiger partial charge in [0.1, 0.15) is 0 Å². The standard InChI is InChI=1S/C13H17BrF3N/c1-9(14)7-10(2)18-8-11-3-5-12(6-4-11)13(15,16)17/h3-6,9-10,18H,7-8H2,1-2H3. The van der Waals surface area contributed by atoms with Gasteiger partial charge < -0.3 is 5.32 Å². The molecule has 5 heteroatoms. The van der Waals surface area contributed by atoms with Gasteiger partial charge in [-0.25, -0.2) is 0 Å². The van der Waals surface area contributed by atoms with Crippen LogP contribution in [0.5, 0.6) is 0 Å². The monoisotopic (exact) mass is 323 g/mol. The van der Waals surface area contributed by atoms with E-state index in [9.17, 15) is 13.2 Å². The third kappa shape index (κ3) is 5.40. The fourth-order valence-electron chi connectivity index (χ4n) is 1.67. The average molecular weight is 324 g/mol. The second-order valence-electron chi connectivity index (χ2n) is 4.49. The SMILES string of the molecule is CC(Br)CC(C)NCc1ccc(C(F)(F)F)cc1. The van der Waals surface area contributed by atoms with Crippen LogP contribution in [0.3, 0.4) is 0 Å². The van der Waals surface area contributed by atoms with Crippen molar-refractivity contribution in [2.75, 3.05) is 0 Å². The van der Waals surface area contributed by atoms with Gasteiger partial charge in [0.2, 0.25) is 0 Å². The van der Waals surface area contributed by atoms with Crippen LogP contribution in [0.2, 0.25) is 0 Å². The third-order valence-electron chi connectivity index (χ3n) is 2.61. The predicted octanol–water partition coefficient (Wildman–Crippen LogP) is 4.36. The largest absolute Gasteiger partial charge is 0.416 e. The Kier molecular flexibility index (Phi) is 5.66. The van der Waals surface area contributed by atoms with Crippen molar-refractivity contribution in [3.8, 4) is 0 Å². The highest BCUT2D eigenvalue weighted by atomic mass is 79.9. The molecule has 1 nitrogen and oxygen atoms in total. The summed E-state index contributed by atoms with van der Waals surface area (Å²) in [5.74, 6) is 0. The van der Waals surface area contributed by atoms with Crippen LogP contribution >= 0.6 is 15.9 Å². The third-order valence-corrected chi connectivity index (χ3v) is 2.99. The van der Waals surface area contributed by atoms with Crippen LogP contribution in [0.4, 0.5) is 13.2 Å². The molecule has 18 heavy (non-hydrogen) atoms. The van der Waals surface area contributed by atoms with Crippen LogP contribution in [-0.2, 0) is 12.7 Å². The summed E-state index contributed by atoms with van der Waals surface area (Å²) in [4.78, 5) is 0.424. The van der Waals surface area contributed by atoms with Crippen LogP contribution in [0.15, 0.2) is 24.3 Å². The van der Waals surface area contributed by atoms with Gasteiger partial charge in [-0.1, -0.05) is 35.0 Å². The lowest BCUT2D eigenvalue weighted by molar-refractivity contribution is -0.137. The molecule has 0 spiro atoms. The quantitative estimate of drug-likeness (QED) is 0.794. The van der Waals surface area contributed by atoms with E-state index in [0.717, 1.165) is 24.1 Å². The summed E-state index contributed by atoms with van der Waals surface area (Å²) in [6.45, 7) is 4.71. The first-order valence-electron chi connectivity index (χ1n) is 5.82. The zero-order chi connectivity index (χ0) is 13.8. The number of hydrogen-bond donors (Lipinski definition) is 1. The van der Waals surface area contributed by atoms with Gasteiger partial charge in [0.15, 0.2) is 0 Å². The number of alkyl halides is 4. The Bertz CT molecular complexity index is 359. The first kappa shape index (κ1) is 15.5. The van der Waals surface area contributed by atoms with Crippen molar-refractivity contribution in [2.24, 2.45) is 0 Å². The van der Waals surface area contributed by atoms with Gasteiger partial charge in [-0.15, -0.1) is 0 Å². The molecule has 2 atom stereocenters. The van der Waals surface area contributed by atoms with Crippen molar-refractivity contribution in [2.45, 2.75) is 43.9 Å². The summed E-state index contributed by atoms with van der Waals surface area (Å²) in [6, 6.07) is 5.59. The summed E-state index contributed by atoms with van der Waals surface area (Å²) in [5.41, 5.74) is 0.255. The highest BCUT2D eigenvalue weighted by Crippen LogP contribution is 2.29. The van der Waals surface area contributed by atoms with Gasteiger partial charge in [-0.3, -0.25) is 0 Å². The van der Waals surface area contributed by atoms with E-state index in [1.165, 1.54) is 12.1 Å². The van der Waals surface area contributed by atoms with Crippen molar-refractivity contribution in [1.29, 1.82) is 0 Å². The van der Waals surface area contributed by atoms with E-state index in [1.54, 1.807) is 0 Å². The molecular weight excluding hydrogens is 307 g/mol. The van der Waals surface area contributed by atoms with Gasteiger partial charge in [-0.05, 0) is 31.0 Å². The van der Waals surface area contributed by atoms with Crippen LogP contribution in [0.1, 0.15) is 31.4 Å². The number of benzene rings is 1. The molecule has 0 heterocycles. The molecule has 0 saturated heterocycles. The van der Waals surface area contributed by atoms with Crippen molar-refractivity contribution < 1.29 is 13.2 Å². The summed E-state index contributed by atoms with van der Waals surface area (Å²) in [5, 5.41) is 3.28. The molecule has 1 N–H and O–H groups in total. The molecule has 0 radical (unpaired) electrons. The van der Waals surface area contributed by atoms with E-state index in [1.807, 2.05) is 0 Å². The smallest absolute Gasteiger partial charge is 0.310 e. The minimum atomic E-state index is -4.26. The van der Waals surface area contributed by atoms with Crippen LogP contribution in [0, 0.1) is 0 Å². The van der Waals surface area contributed by atoms with Gasteiger partial charge >= 0.3 is 6.18 Å². The molecule has 0 saturated carbocycles. The molecule has 102 valence electrons. The van der Waals surface area contributed by atoms with E-state index in [4.69, 9.17) is 0 Å². The van der Waals surface area contributed by atoms with Crippen molar-refractivity contribution in [1.82, 2.24) is 5.32 Å². The van der Waals surface area contributed by atoms with Crippen molar-refractivity contribution in [3.05, 3.63) is 35.4 Å². The molecular formula is C13H17BrF3N. The van der Waals surface area contributed by atoms with Crippen LogP contribution < -0.4 is 5.32 Å². The lowest BCUT2D eigenvalue weighted by Gasteiger charge is -2.15. The maximum absolute atomic E-state index is 12.4. The zero-order valence-electron chi connectivity index (χ0n) is 10.4. The second kappa shape index (κ2) is 6.57. The summed E-state index contributed by atoms with van der Waals surface area (Å²) < 4.78 is 37.1. The molecule has 0 aromatic heterocycles. The molecule has 0 aliphatic carbocycles. The lowest BCUT2D eigenvalue weighted by Crippen LogP contribution is -2.27. The van der Waals surface area contributed by atoms with Crippen molar-refractivity contribution in [3.63, 3.8) is 0 Å². The number of hydrogen-bond acceptors (Lipinski definition) is 1. The van der Waals surface area contributed by atoms with Gasteiger partial charge in [0, 0.05) is 17.4 Å². The number of nitrogens with one attached hydrogen (secondary N) is 1. The number of rotatable bonds is 5. The zero-order valence-corrected chi connectivity index (χ0v) is 12.0. The van der Waals surface area contributed by atoms with Gasteiger partial charge in [0.25, 0.3) is 0 Å². The highest BCUT2D eigenvalue weighted by molar-refractivity contribution is 9.09. The van der Waals surface area contributed by atoms with E-state index >= 15 is 0 Å². The number of halogens is 4. The average Bonchev–Trinajstić information content (AvgIpc) is 2.25. The molecule has 0 fully saturated rings.